The molecule has 0 aliphatic carbocycles. The maximum absolute atomic E-state index is 9.51. The predicted octanol–water partition coefficient (Wildman–Crippen LogP) is 6.72. The Kier molecular flexibility index (Phi) is 16.2. The highest BCUT2D eigenvalue weighted by Crippen LogP contribution is 2.34. The van der Waals surface area contributed by atoms with Crippen molar-refractivity contribution in [1.82, 2.24) is 19.9 Å². The van der Waals surface area contributed by atoms with Gasteiger partial charge in [0.1, 0.15) is 27.3 Å². The summed E-state index contributed by atoms with van der Waals surface area (Å²) in [6.07, 6.45) is 5.41. The first-order valence-electron chi connectivity index (χ1n) is 13.5. The Morgan fingerprint density at radius 1 is 0.783 bits per heavy atom. The van der Waals surface area contributed by atoms with Crippen LogP contribution in [-0.4, -0.2) is 65.7 Å². The maximum atomic E-state index is 9.51. The first-order chi connectivity index (χ1) is 21.9. The number of alkyl halides is 1. The van der Waals surface area contributed by atoms with Crippen LogP contribution in [0.4, 0.5) is 0 Å². The van der Waals surface area contributed by atoms with E-state index in [4.69, 9.17) is 44.8 Å². The zero-order valence-corrected chi connectivity index (χ0v) is 29.6. The molecule has 0 unspecified atom stereocenters. The molecule has 6 heterocycles. The van der Waals surface area contributed by atoms with Crippen molar-refractivity contribution in [2.24, 2.45) is 0 Å². The molecule has 16 heteroatoms. The molecule has 2 aliphatic rings. The van der Waals surface area contributed by atoms with Gasteiger partial charge in [-0.25, -0.2) is 19.9 Å². The molecule has 4 aromatic heterocycles. The summed E-state index contributed by atoms with van der Waals surface area (Å²) in [5, 5.41) is 9.51. The third-order valence-electron chi connectivity index (χ3n) is 6.13. The first-order valence-corrected chi connectivity index (χ1v) is 15.7. The zero-order valence-electron chi connectivity index (χ0n) is 24.8. The Bertz CT molecular complexity index is 1520. The number of halogens is 4. The second-order valence-corrected chi connectivity index (χ2v) is 10.8. The van der Waals surface area contributed by atoms with Crippen molar-refractivity contribution in [2.75, 3.05) is 40.6 Å². The van der Waals surface area contributed by atoms with Crippen LogP contribution >= 0.6 is 55.9 Å². The smallest absolute Gasteiger partial charge is 0.213 e. The van der Waals surface area contributed by atoms with Gasteiger partial charge in [-0.3, -0.25) is 0 Å². The highest BCUT2D eigenvalue weighted by atomic mass is 79.9. The van der Waals surface area contributed by atoms with Gasteiger partial charge in [-0.05, 0) is 49.6 Å². The fourth-order valence-electron chi connectivity index (χ4n) is 3.88. The highest BCUT2D eigenvalue weighted by molar-refractivity contribution is 9.10. The minimum absolute atomic E-state index is 0. The van der Waals surface area contributed by atoms with Crippen LogP contribution in [0.5, 0.6) is 23.3 Å². The lowest BCUT2D eigenvalue weighted by atomic mass is 10.2. The molecular weight excluding hydrogens is 775 g/mol. The van der Waals surface area contributed by atoms with Crippen LogP contribution in [0.25, 0.3) is 0 Å². The number of nitrogens with zero attached hydrogens (tertiary/aromatic N) is 4. The predicted molar refractivity (Wildman–Crippen MR) is 178 cm³/mol. The van der Waals surface area contributed by atoms with Gasteiger partial charge < -0.3 is 38.3 Å². The molecule has 0 bridgehead atoms. The maximum Gasteiger partial charge on any atom is 0.213 e. The molecule has 0 spiro atoms. The van der Waals surface area contributed by atoms with Crippen molar-refractivity contribution in [1.29, 1.82) is 0 Å². The van der Waals surface area contributed by atoms with E-state index in [9.17, 15) is 5.11 Å². The molecule has 2 fully saturated rings. The average molecular weight is 807 g/mol. The van der Waals surface area contributed by atoms with E-state index in [0.29, 0.717) is 62.0 Å². The van der Waals surface area contributed by atoms with Gasteiger partial charge in [-0.1, -0.05) is 12.1 Å². The molecule has 12 nitrogen and oxygen atoms in total. The monoisotopic (exact) mass is 804 g/mol. The van der Waals surface area contributed by atoms with Gasteiger partial charge in [0.05, 0.1) is 70.0 Å². The number of hydrogen-bond donors (Lipinski definition) is 1. The standard InChI is InChI=1S/C15H15BrN2O4.C9H11NO4.C6H5BrClN.ClH/c1-19-13-7-11(15-20-5-6-21-15)12(8-18-13)22-9-10-3-2-4-17-14(10)16;1-12-8-4-6(7(11)5-10-8)9-13-2-3-14-9;7-6-5(4-8)2-1-3-9-6;/h2-4,7-8,15H,5-6,9H2,1H3;4-5,9,11H,2-3H2,1H3;1-3H,4H2;1H. The van der Waals surface area contributed by atoms with Crippen LogP contribution < -0.4 is 14.2 Å². The minimum Gasteiger partial charge on any atom is -0.506 e. The third-order valence-corrected chi connectivity index (χ3v) is 7.85. The number of rotatable bonds is 8. The van der Waals surface area contributed by atoms with Crippen molar-refractivity contribution in [3.8, 4) is 23.3 Å². The van der Waals surface area contributed by atoms with E-state index >= 15 is 0 Å². The fourth-order valence-corrected chi connectivity index (χ4v) is 5.01. The third kappa shape index (κ3) is 10.9. The van der Waals surface area contributed by atoms with Gasteiger partial charge in [0, 0.05) is 30.1 Å². The van der Waals surface area contributed by atoms with E-state index in [0.717, 1.165) is 25.9 Å². The normalized spacial score (nSPS) is 14.3. The Morgan fingerprint density at radius 2 is 1.28 bits per heavy atom. The molecule has 0 radical (unpaired) electrons. The summed E-state index contributed by atoms with van der Waals surface area (Å²) in [5.41, 5.74) is 3.29. The summed E-state index contributed by atoms with van der Waals surface area (Å²) in [6.45, 7) is 2.55. The van der Waals surface area contributed by atoms with Crippen LogP contribution in [0.1, 0.15) is 34.8 Å². The molecule has 2 saturated heterocycles. The van der Waals surface area contributed by atoms with Gasteiger partial charge in [-0.15, -0.1) is 24.0 Å². The van der Waals surface area contributed by atoms with E-state index in [1.807, 2.05) is 24.3 Å². The van der Waals surface area contributed by atoms with Crippen LogP contribution in [0.3, 0.4) is 0 Å². The van der Waals surface area contributed by atoms with Crippen molar-refractivity contribution >= 4 is 55.9 Å². The van der Waals surface area contributed by atoms with Crippen LogP contribution in [-0.2, 0) is 31.4 Å². The van der Waals surface area contributed by atoms with E-state index in [1.165, 1.54) is 13.3 Å². The van der Waals surface area contributed by atoms with Gasteiger partial charge >= 0.3 is 0 Å². The highest BCUT2D eigenvalue weighted by Gasteiger charge is 2.24. The van der Waals surface area contributed by atoms with E-state index in [1.54, 1.807) is 37.8 Å². The SMILES string of the molecule is COc1cc(C2OCCO2)c(O)cn1.COc1cc(C2OCCO2)c(OCc2cccnc2Br)cn1.Cl.ClCc1cccnc1Br. The van der Waals surface area contributed by atoms with Gasteiger partial charge in [0.2, 0.25) is 11.8 Å². The number of aromatic hydroxyl groups is 1. The van der Waals surface area contributed by atoms with E-state index in [2.05, 4.69) is 51.8 Å². The molecule has 0 aromatic carbocycles. The summed E-state index contributed by atoms with van der Waals surface area (Å²) in [7, 11) is 3.08. The van der Waals surface area contributed by atoms with Gasteiger partial charge in [0.25, 0.3) is 0 Å². The van der Waals surface area contributed by atoms with E-state index in [-0.39, 0.29) is 18.2 Å². The molecule has 0 atom stereocenters. The van der Waals surface area contributed by atoms with Crippen LogP contribution in [0, 0.1) is 0 Å². The number of hydrogen-bond acceptors (Lipinski definition) is 12. The second-order valence-electron chi connectivity index (χ2n) is 9.03. The fraction of sp³-hybridized carbons (Fsp3) is 0.333. The number of pyridine rings is 4. The minimum atomic E-state index is -0.508. The van der Waals surface area contributed by atoms with Gasteiger partial charge in [0.15, 0.2) is 12.6 Å². The molecule has 4 aromatic rings. The second kappa shape index (κ2) is 19.8. The Labute approximate surface area is 294 Å². The number of aromatic nitrogens is 4. The lowest BCUT2D eigenvalue weighted by molar-refractivity contribution is -0.0461. The van der Waals surface area contributed by atoms with Crippen LogP contribution in [0.15, 0.2) is 70.4 Å². The molecule has 0 saturated carbocycles. The Hall–Kier alpha value is -2.82. The first kappa shape index (κ1) is 37.6. The lowest BCUT2D eigenvalue weighted by Crippen LogP contribution is -2.06. The molecular formula is C30H32Br2Cl2N4O8. The summed E-state index contributed by atoms with van der Waals surface area (Å²) in [6, 6.07) is 11.0. The largest absolute Gasteiger partial charge is 0.506 e. The van der Waals surface area contributed by atoms with Crippen molar-refractivity contribution in [3.63, 3.8) is 0 Å². The molecule has 1 N–H and O–H groups in total. The summed E-state index contributed by atoms with van der Waals surface area (Å²) < 4.78 is 39.2. The molecule has 46 heavy (non-hydrogen) atoms. The topological polar surface area (TPSA) is 136 Å². The quantitative estimate of drug-likeness (QED) is 0.150. The Morgan fingerprint density at radius 3 is 1.78 bits per heavy atom. The molecule has 0 amide bonds. The van der Waals surface area contributed by atoms with Crippen molar-refractivity contribution in [3.05, 3.63) is 92.6 Å². The number of ether oxygens (including phenoxy) is 7. The zero-order chi connectivity index (χ0) is 32.0. The van der Waals surface area contributed by atoms with Gasteiger partial charge in [-0.2, -0.15) is 0 Å². The summed E-state index contributed by atoms with van der Waals surface area (Å²) in [5.74, 6) is 2.08. The van der Waals surface area contributed by atoms with E-state index < -0.39 is 12.6 Å². The molecule has 2 aliphatic heterocycles. The van der Waals surface area contributed by atoms with Crippen molar-refractivity contribution in [2.45, 2.75) is 25.1 Å². The Balaban J connectivity index is 0.000000205. The lowest BCUT2D eigenvalue weighted by Gasteiger charge is -2.16. The molecule has 248 valence electrons. The molecule has 6 rings (SSSR count). The van der Waals surface area contributed by atoms with Crippen molar-refractivity contribution < 1.29 is 38.3 Å². The summed E-state index contributed by atoms with van der Waals surface area (Å²) >= 11 is 12.2. The average Bonchev–Trinajstić information content (AvgIpc) is 3.81. The van der Waals surface area contributed by atoms with Crippen LogP contribution in [0.2, 0.25) is 0 Å². The number of methoxy groups -OCH3 is 2. The summed E-state index contributed by atoms with van der Waals surface area (Å²) in [4.78, 5) is 16.2.